The van der Waals surface area contributed by atoms with Crippen LogP contribution in [-0.4, -0.2) is 30.4 Å². The molecule has 160 valence electrons. The van der Waals surface area contributed by atoms with Crippen LogP contribution < -0.4 is 0 Å². The van der Waals surface area contributed by atoms with E-state index < -0.39 is 15.1 Å². The molecular weight excluding hydrogens is 408 g/mol. The molecule has 0 aliphatic heterocycles. The molecule has 2 aromatic carbocycles. The molecular formula is C21H31NO5P2. The van der Waals surface area contributed by atoms with Crippen LogP contribution in [0.5, 0.6) is 0 Å². The molecule has 6 nitrogen and oxygen atoms in total. The van der Waals surface area contributed by atoms with Crippen molar-refractivity contribution in [1.82, 2.24) is 4.67 Å². The average Bonchev–Trinajstić information content (AvgIpc) is 2.69. The van der Waals surface area contributed by atoms with Gasteiger partial charge in [-0.05, 0) is 31.9 Å². The van der Waals surface area contributed by atoms with E-state index in [0.717, 1.165) is 11.1 Å². The first-order chi connectivity index (χ1) is 13.9. The van der Waals surface area contributed by atoms with Gasteiger partial charge in [-0.15, -0.1) is 0 Å². The van der Waals surface area contributed by atoms with Gasteiger partial charge in [-0.1, -0.05) is 60.7 Å². The number of rotatable bonds is 13. The van der Waals surface area contributed by atoms with E-state index in [1.54, 1.807) is 25.4 Å². The van der Waals surface area contributed by atoms with Gasteiger partial charge in [0.05, 0.1) is 19.8 Å². The number of benzene rings is 2. The highest BCUT2D eigenvalue weighted by Crippen LogP contribution is 2.65. The number of hydrogen-bond acceptors (Lipinski definition) is 5. The summed E-state index contributed by atoms with van der Waals surface area (Å²) in [6.45, 7) is 6.70. The molecule has 0 fully saturated rings. The minimum atomic E-state index is -3.56. The van der Waals surface area contributed by atoms with Gasteiger partial charge < -0.3 is 13.6 Å². The van der Waals surface area contributed by atoms with E-state index in [0.29, 0.717) is 13.1 Å². The van der Waals surface area contributed by atoms with Crippen molar-refractivity contribution in [3.63, 3.8) is 0 Å². The minimum Gasteiger partial charge on any atom is -0.317 e. The van der Waals surface area contributed by atoms with E-state index in [9.17, 15) is 9.13 Å². The quantitative estimate of drug-likeness (QED) is 0.349. The maximum Gasteiger partial charge on any atom is 0.341 e. The molecule has 0 saturated carbocycles. The Labute approximate surface area is 174 Å². The highest BCUT2D eigenvalue weighted by Gasteiger charge is 2.41. The van der Waals surface area contributed by atoms with E-state index in [1.807, 2.05) is 60.7 Å². The van der Waals surface area contributed by atoms with Crippen LogP contribution in [0, 0.1) is 0 Å². The van der Waals surface area contributed by atoms with Crippen LogP contribution in [0.1, 0.15) is 31.9 Å². The smallest absolute Gasteiger partial charge is 0.317 e. The first kappa shape index (κ1) is 24.0. The van der Waals surface area contributed by atoms with E-state index in [2.05, 4.69) is 0 Å². The molecule has 1 atom stereocenters. The van der Waals surface area contributed by atoms with Gasteiger partial charge in [0.25, 0.3) is 7.52 Å². The van der Waals surface area contributed by atoms with E-state index in [-0.39, 0.29) is 25.7 Å². The molecule has 0 aromatic heterocycles. The van der Waals surface area contributed by atoms with E-state index in [4.69, 9.17) is 13.6 Å². The Morgan fingerprint density at radius 3 is 1.48 bits per heavy atom. The highest BCUT2D eigenvalue weighted by atomic mass is 31.2. The van der Waals surface area contributed by atoms with Crippen LogP contribution >= 0.6 is 15.1 Å². The third-order valence-electron chi connectivity index (χ3n) is 4.18. The lowest BCUT2D eigenvalue weighted by atomic mass is 10.2. The lowest BCUT2D eigenvalue weighted by molar-refractivity contribution is 0.218. The minimum absolute atomic E-state index is 0.209. The predicted octanol–water partition coefficient (Wildman–Crippen LogP) is 6.14. The standard InChI is InChI=1S/C21H31NO5P2/c1-4-25-28(23,19-29(24,26-5-2)27-6-3)22(17-20-13-9-7-10-14-20)18-21-15-11-8-12-16-21/h7-16H,4-6,17-19H2,1-3H3. The van der Waals surface area contributed by atoms with Crippen LogP contribution in [0.15, 0.2) is 60.7 Å². The largest absolute Gasteiger partial charge is 0.341 e. The summed E-state index contributed by atoms with van der Waals surface area (Å²) in [5.41, 5.74) is 1.98. The predicted molar refractivity (Wildman–Crippen MR) is 117 cm³/mol. The van der Waals surface area contributed by atoms with Crippen LogP contribution in [0.2, 0.25) is 0 Å². The fourth-order valence-electron chi connectivity index (χ4n) is 3.00. The van der Waals surface area contributed by atoms with Gasteiger partial charge in [-0.2, -0.15) is 0 Å². The summed E-state index contributed by atoms with van der Waals surface area (Å²) in [5.74, 6) is -0.283. The van der Waals surface area contributed by atoms with E-state index in [1.165, 1.54) is 0 Å². The molecule has 0 N–H and O–H groups in total. The second kappa shape index (κ2) is 11.8. The molecule has 2 aromatic rings. The zero-order chi connectivity index (χ0) is 21.2. The van der Waals surface area contributed by atoms with Gasteiger partial charge >= 0.3 is 7.60 Å². The summed E-state index contributed by atoms with van der Waals surface area (Å²) in [4.78, 5) is 0. The van der Waals surface area contributed by atoms with Gasteiger partial charge in [0.1, 0.15) is 5.90 Å². The molecule has 0 bridgehead atoms. The van der Waals surface area contributed by atoms with Gasteiger partial charge in [-0.3, -0.25) is 9.13 Å². The molecule has 0 amide bonds. The maximum atomic E-state index is 14.1. The summed E-state index contributed by atoms with van der Waals surface area (Å²) in [5, 5.41) is 0. The zero-order valence-electron chi connectivity index (χ0n) is 17.4. The summed E-state index contributed by atoms with van der Waals surface area (Å²) in [6.07, 6.45) is 0. The Balaban J connectivity index is 2.40. The second-order valence-electron chi connectivity index (χ2n) is 6.44. The molecule has 0 aliphatic rings. The van der Waals surface area contributed by atoms with Gasteiger partial charge in [0.2, 0.25) is 0 Å². The van der Waals surface area contributed by atoms with Crippen molar-refractivity contribution in [2.45, 2.75) is 33.9 Å². The fourth-order valence-corrected chi connectivity index (χ4v) is 8.64. The second-order valence-corrected chi connectivity index (χ2v) is 11.4. The number of hydrogen-bond donors (Lipinski definition) is 0. The summed E-state index contributed by atoms with van der Waals surface area (Å²) >= 11 is 0. The monoisotopic (exact) mass is 439 g/mol. The Morgan fingerprint density at radius 2 is 1.10 bits per heavy atom. The lowest BCUT2D eigenvalue weighted by Gasteiger charge is -2.33. The van der Waals surface area contributed by atoms with Crippen molar-refractivity contribution in [2.24, 2.45) is 0 Å². The maximum absolute atomic E-state index is 14.1. The molecule has 0 heterocycles. The summed E-state index contributed by atoms with van der Waals surface area (Å²) < 4.78 is 45.6. The van der Waals surface area contributed by atoms with Crippen molar-refractivity contribution in [2.75, 3.05) is 25.7 Å². The van der Waals surface area contributed by atoms with Gasteiger partial charge in [-0.25, -0.2) is 4.67 Å². The third kappa shape index (κ3) is 7.49. The number of nitrogens with zero attached hydrogens (tertiary/aromatic N) is 1. The zero-order valence-corrected chi connectivity index (χ0v) is 19.2. The van der Waals surface area contributed by atoms with Gasteiger partial charge in [0.15, 0.2) is 0 Å². The van der Waals surface area contributed by atoms with Crippen LogP contribution in [0.4, 0.5) is 0 Å². The topological polar surface area (TPSA) is 65.1 Å². The first-order valence-electron chi connectivity index (χ1n) is 9.89. The summed E-state index contributed by atoms with van der Waals surface area (Å²) in [6, 6.07) is 19.5. The Morgan fingerprint density at radius 1 is 0.690 bits per heavy atom. The molecule has 0 aliphatic carbocycles. The van der Waals surface area contributed by atoms with Crippen molar-refractivity contribution >= 4 is 15.1 Å². The van der Waals surface area contributed by atoms with Crippen molar-refractivity contribution in [3.05, 3.63) is 71.8 Å². The molecule has 0 radical (unpaired) electrons. The summed E-state index contributed by atoms with van der Waals surface area (Å²) in [7, 11) is -7.08. The molecule has 0 spiro atoms. The molecule has 8 heteroatoms. The average molecular weight is 439 g/mol. The van der Waals surface area contributed by atoms with Crippen molar-refractivity contribution in [3.8, 4) is 0 Å². The van der Waals surface area contributed by atoms with Crippen molar-refractivity contribution < 1.29 is 22.7 Å². The third-order valence-corrected chi connectivity index (χ3v) is 10.1. The van der Waals surface area contributed by atoms with E-state index >= 15 is 0 Å². The molecule has 1 unspecified atom stereocenters. The molecule has 0 saturated heterocycles. The molecule has 29 heavy (non-hydrogen) atoms. The van der Waals surface area contributed by atoms with Gasteiger partial charge in [0, 0.05) is 13.1 Å². The lowest BCUT2D eigenvalue weighted by Crippen LogP contribution is -2.23. The van der Waals surface area contributed by atoms with Crippen LogP contribution in [0.25, 0.3) is 0 Å². The Hall–Kier alpha value is -1.26. The van der Waals surface area contributed by atoms with Crippen LogP contribution in [-0.2, 0) is 35.8 Å². The molecule has 2 rings (SSSR count). The van der Waals surface area contributed by atoms with Crippen LogP contribution in [0.3, 0.4) is 0 Å². The van der Waals surface area contributed by atoms with Crippen molar-refractivity contribution in [1.29, 1.82) is 0 Å². The highest BCUT2D eigenvalue weighted by molar-refractivity contribution is 7.72. The first-order valence-corrected chi connectivity index (χ1v) is 13.4. The Bertz CT molecular complexity index is 765. The Kier molecular flexibility index (Phi) is 9.78. The SMILES string of the molecule is CCOP(=O)(CP(=O)(OCC)N(Cc1ccccc1)Cc1ccccc1)OCC. The fraction of sp³-hybridized carbons (Fsp3) is 0.429. The normalized spacial score (nSPS) is 14.1.